The second-order valence-corrected chi connectivity index (χ2v) is 3.24. The average Bonchev–Trinajstić information content (AvgIpc) is 2.29. The van der Waals surface area contributed by atoms with Crippen molar-refractivity contribution in [2.45, 2.75) is 0 Å². The Morgan fingerprint density at radius 2 is 1.62 bits per heavy atom. The van der Waals surface area contributed by atoms with Crippen molar-refractivity contribution in [2.24, 2.45) is 0 Å². The zero-order valence-corrected chi connectivity index (χ0v) is 9.96. The van der Waals surface area contributed by atoms with Gasteiger partial charge in [-0.15, -0.1) is 24.8 Å². The summed E-state index contributed by atoms with van der Waals surface area (Å²) in [6, 6.07) is 10.2. The van der Waals surface area contributed by atoms with Crippen LogP contribution in [0.5, 0.6) is 0 Å². The number of pyridine rings is 2. The third-order valence-corrected chi connectivity index (χ3v) is 2.39. The van der Waals surface area contributed by atoms with Crippen molar-refractivity contribution in [2.75, 3.05) is 0 Å². The third-order valence-electron chi connectivity index (χ3n) is 2.39. The Kier molecular flexibility index (Phi) is 4.05. The van der Waals surface area contributed by atoms with Crippen molar-refractivity contribution in [3.05, 3.63) is 48.9 Å². The minimum atomic E-state index is 0. The molecule has 16 heavy (non-hydrogen) atoms. The average molecular weight is 253 g/mol. The summed E-state index contributed by atoms with van der Waals surface area (Å²) in [5.41, 5.74) is 1.05. The minimum absolute atomic E-state index is 0. The van der Waals surface area contributed by atoms with Gasteiger partial charge in [0.05, 0.1) is 5.52 Å². The topological polar surface area (TPSA) is 25.8 Å². The molecule has 82 valence electrons. The molecule has 0 fully saturated rings. The van der Waals surface area contributed by atoms with Gasteiger partial charge in [0.25, 0.3) is 0 Å². The smallest absolute Gasteiger partial charge is 0.0781 e. The summed E-state index contributed by atoms with van der Waals surface area (Å²) < 4.78 is 0. The van der Waals surface area contributed by atoms with E-state index < -0.39 is 0 Å². The summed E-state index contributed by atoms with van der Waals surface area (Å²) in [7, 11) is 0. The first-order chi connectivity index (χ1) is 6.95. The molecular weight excluding hydrogens is 243 g/mol. The molecule has 0 bridgehead atoms. The van der Waals surface area contributed by atoms with Gasteiger partial charge in [-0.2, -0.15) is 0 Å². The summed E-state index contributed by atoms with van der Waals surface area (Å²) in [6.45, 7) is 0. The van der Waals surface area contributed by atoms with E-state index in [4.69, 9.17) is 0 Å². The zero-order chi connectivity index (χ0) is 9.38. The van der Waals surface area contributed by atoms with Crippen LogP contribution in [0.25, 0.3) is 21.7 Å². The molecule has 0 radical (unpaired) electrons. The van der Waals surface area contributed by atoms with Gasteiger partial charge < -0.3 is 0 Å². The number of halogens is 2. The number of rotatable bonds is 0. The highest BCUT2D eigenvalue weighted by Crippen LogP contribution is 2.21. The lowest BCUT2D eigenvalue weighted by atomic mass is 10.1. The first-order valence-electron chi connectivity index (χ1n) is 4.52. The van der Waals surface area contributed by atoms with Crippen LogP contribution in [-0.2, 0) is 0 Å². The highest BCUT2D eigenvalue weighted by molar-refractivity contribution is 6.04. The molecule has 0 aliphatic rings. The predicted octanol–water partition coefficient (Wildman–Crippen LogP) is 3.63. The van der Waals surface area contributed by atoms with E-state index in [1.165, 1.54) is 5.39 Å². The molecule has 0 amide bonds. The minimum Gasteiger partial charge on any atom is -0.264 e. The normalized spacial score (nSPS) is 9.50. The number of nitrogens with zero attached hydrogens (tertiary/aromatic N) is 2. The molecule has 0 aliphatic heterocycles. The summed E-state index contributed by atoms with van der Waals surface area (Å²) >= 11 is 0. The molecule has 3 rings (SSSR count). The fraction of sp³-hybridized carbons (Fsp3) is 0. The van der Waals surface area contributed by atoms with Crippen molar-refractivity contribution < 1.29 is 0 Å². The van der Waals surface area contributed by atoms with Crippen LogP contribution in [-0.4, -0.2) is 9.97 Å². The monoisotopic (exact) mass is 252 g/mol. The van der Waals surface area contributed by atoms with Crippen LogP contribution in [0.3, 0.4) is 0 Å². The van der Waals surface area contributed by atoms with E-state index in [9.17, 15) is 0 Å². The van der Waals surface area contributed by atoms with Gasteiger partial charge in [-0.1, -0.05) is 18.2 Å². The van der Waals surface area contributed by atoms with Crippen LogP contribution in [0.15, 0.2) is 48.9 Å². The second kappa shape index (κ2) is 5.10. The molecule has 2 aromatic heterocycles. The fourth-order valence-electron chi connectivity index (χ4n) is 1.71. The largest absolute Gasteiger partial charge is 0.264 e. The third kappa shape index (κ3) is 1.94. The van der Waals surface area contributed by atoms with Crippen molar-refractivity contribution in [3.8, 4) is 0 Å². The van der Waals surface area contributed by atoms with Gasteiger partial charge in [-0.05, 0) is 12.1 Å². The molecular formula is C12H10Cl2N2. The van der Waals surface area contributed by atoms with Crippen LogP contribution >= 0.6 is 24.8 Å². The Hall–Kier alpha value is -1.38. The van der Waals surface area contributed by atoms with Gasteiger partial charge in [0.15, 0.2) is 0 Å². The van der Waals surface area contributed by atoms with Crippen molar-refractivity contribution >= 4 is 46.5 Å². The molecule has 0 atom stereocenters. The van der Waals surface area contributed by atoms with Crippen LogP contribution in [0.2, 0.25) is 0 Å². The van der Waals surface area contributed by atoms with E-state index in [-0.39, 0.29) is 24.8 Å². The summed E-state index contributed by atoms with van der Waals surface area (Å²) in [5.74, 6) is 0. The molecule has 0 saturated heterocycles. The van der Waals surface area contributed by atoms with Gasteiger partial charge in [-0.25, -0.2) is 0 Å². The molecule has 3 aromatic rings. The van der Waals surface area contributed by atoms with Gasteiger partial charge in [0.2, 0.25) is 0 Å². The maximum atomic E-state index is 4.38. The van der Waals surface area contributed by atoms with Gasteiger partial charge >= 0.3 is 0 Å². The predicted molar refractivity (Wildman–Crippen MR) is 71.5 cm³/mol. The summed E-state index contributed by atoms with van der Waals surface area (Å²) in [6.07, 6.45) is 5.49. The van der Waals surface area contributed by atoms with Gasteiger partial charge in [-0.3, -0.25) is 9.97 Å². The van der Waals surface area contributed by atoms with Crippen LogP contribution in [0, 0.1) is 0 Å². The van der Waals surface area contributed by atoms with Crippen LogP contribution in [0.4, 0.5) is 0 Å². The maximum absolute atomic E-state index is 4.38. The first-order valence-corrected chi connectivity index (χ1v) is 4.52. The molecule has 2 heterocycles. The van der Waals surface area contributed by atoms with Gasteiger partial charge in [0.1, 0.15) is 0 Å². The standard InChI is InChI=1S/C12H8N2.2ClH/c1-2-9-3-4-10-8-13-7-5-11(10)12(9)14-6-1;;/h1-8H;2*1H. The molecule has 2 nitrogen and oxygen atoms in total. The summed E-state index contributed by atoms with van der Waals surface area (Å²) in [5, 5.41) is 3.48. The maximum Gasteiger partial charge on any atom is 0.0781 e. The molecule has 4 heteroatoms. The number of fused-ring (bicyclic) bond motifs is 3. The quantitative estimate of drug-likeness (QED) is 0.572. The molecule has 0 spiro atoms. The Morgan fingerprint density at radius 3 is 2.50 bits per heavy atom. The first kappa shape index (κ1) is 12.7. The lowest BCUT2D eigenvalue weighted by molar-refractivity contribution is 1.36. The second-order valence-electron chi connectivity index (χ2n) is 3.24. The lowest BCUT2D eigenvalue weighted by Gasteiger charge is -2.00. The number of benzene rings is 1. The van der Waals surface area contributed by atoms with E-state index in [1.54, 1.807) is 6.20 Å². The van der Waals surface area contributed by atoms with Crippen molar-refractivity contribution in [1.82, 2.24) is 9.97 Å². The highest BCUT2D eigenvalue weighted by atomic mass is 35.5. The van der Waals surface area contributed by atoms with Crippen LogP contribution in [0.1, 0.15) is 0 Å². The number of hydrogen-bond acceptors (Lipinski definition) is 2. The Bertz CT molecular complexity index is 556. The lowest BCUT2D eigenvalue weighted by Crippen LogP contribution is -1.81. The molecule has 0 unspecified atom stereocenters. The Morgan fingerprint density at radius 1 is 0.812 bits per heavy atom. The molecule has 0 saturated carbocycles. The van der Waals surface area contributed by atoms with Crippen molar-refractivity contribution in [3.63, 3.8) is 0 Å². The molecule has 0 aliphatic carbocycles. The SMILES string of the molecule is Cl.Cl.c1cnc2c(c1)ccc1cnccc12. The van der Waals surface area contributed by atoms with Crippen LogP contribution < -0.4 is 0 Å². The van der Waals surface area contributed by atoms with E-state index in [1.807, 2.05) is 24.5 Å². The molecule has 1 aromatic carbocycles. The number of hydrogen-bond donors (Lipinski definition) is 0. The van der Waals surface area contributed by atoms with E-state index in [0.29, 0.717) is 0 Å². The van der Waals surface area contributed by atoms with Crippen molar-refractivity contribution in [1.29, 1.82) is 0 Å². The Labute approximate surface area is 106 Å². The fourth-order valence-corrected chi connectivity index (χ4v) is 1.71. The number of aromatic nitrogens is 2. The van der Waals surface area contributed by atoms with Gasteiger partial charge in [0, 0.05) is 34.7 Å². The molecule has 0 N–H and O–H groups in total. The highest BCUT2D eigenvalue weighted by Gasteiger charge is 1.99. The Balaban J connectivity index is 0.000000640. The van der Waals surface area contributed by atoms with E-state index in [0.717, 1.165) is 16.3 Å². The van der Waals surface area contributed by atoms with E-state index >= 15 is 0 Å². The summed E-state index contributed by atoms with van der Waals surface area (Å²) in [4.78, 5) is 8.47. The van der Waals surface area contributed by atoms with E-state index in [2.05, 4.69) is 28.2 Å². The zero-order valence-electron chi connectivity index (χ0n) is 8.33.